The number of fused-ring (bicyclic) bond motifs is 1. The molecule has 0 saturated carbocycles. The van der Waals surface area contributed by atoms with Gasteiger partial charge in [0, 0.05) is 18.8 Å². The van der Waals surface area contributed by atoms with Gasteiger partial charge in [-0.25, -0.2) is 9.67 Å². The normalized spacial score (nSPS) is 15.6. The third-order valence-corrected chi connectivity index (χ3v) is 3.45. The number of aromatic nitrogens is 3. The van der Waals surface area contributed by atoms with Crippen molar-refractivity contribution in [3.05, 3.63) is 41.5 Å². The minimum absolute atomic E-state index is 0.828. The van der Waals surface area contributed by atoms with Gasteiger partial charge in [-0.3, -0.25) is 4.90 Å². The van der Waals surface area contributed by atoms with Crippen LogP contribution in [0.4, 0.5) is 5.69 Å². The fraction of sp³-hybridized carbons (Fsp3) is 0.385. The van der Waals surface area contributed by atoms with Crippen molar-refractivity contribution in [1.29, 1.82) is 0 Å². The first-order chi connectivity index (χ1) is 8.72. The fourth-order valence-electron chi connectivity index (χ4n) is 2.38. The average molecular weight is 243 g/mol. The van der Waals surface area contributed by atoms with Crippen LogP contribution in [0, 0.1) is 6.92 Å². The van der Waals surface area contributed by atoms with Crippen molar-refractivity contribution in [1.82, 2.24) is 19.7 Å². The Morgan fingerprint density at radius 2 is 2.22 bits per heavy atom. The second-order valence-electron chi connectivity index (χ2n) is 4.80. The maximum Gasteiger partial charge on any atom is 0.141 e. The Morgan fingerprint density at radius 3 is 3.06 bits per heavy atom. The quantitative estimate of drug-likeness (QED) is 0.805. The first kappa shape index (κ1) is 11.2. The van der Waals surface area contributed by atoms with Gasteiger partial charge in [0.1, 0.15) is 12.2 Å². The zero-order valence-electron chi connectivity index (χ0n) is 10.5. The maximum absolute atomic E-state index is 5.77. The molecule has 2 aromatic rings. The van der Waals surface area contributed by atoms with Crippen molar-refractivity contribution in [3.8, 4) is 0 Å². The summed E-state index contributed by atoms with van der Waals surface area (Å²) in [5.74, 6) is 1.05. The van der Waals surface area contributed by atoms with Crippen LogP contribution in [0.1, 0.15) is 17.0 Å². The number of hydrogen-bond donors (Lipinski definition) is 1. The van der Waals surface area contributed by atoms with Gasteiger partial charge >= 0.3 is 0 Å². The van der Waals surface area contributed by atoms with E-state index in [-0.39, 0.29) is 0 Å². The highest BCUT2D eigenvalue weighted by Gasteiger charge is 2.17. The number of benzene rings is 1. The lowest BCUT2D eigenvalue weighted by Crippen LogP contribution is -2.34. The lowest BCUT2D eigenvalue weighted by atomic mass is 10.1. The van der Waals surface area contributed by atoms with Crippen LogP contribution in [0.25, 0.3) is 0 Å². The summed E-state index contributed by atoms with van der Waals surface area (Å²) < 4.78 is 1.98. The highest BCUT2D eigenvalue weighted by atomic mass is 15.4. The Hall–Kier alpha value is -1.88. The lowest BCUT2D eigenvalue weighted by molar-refractivity contribution is 0.201. The molecule has 0 saturated heterocycles. The second-order valence-corrected chi connectivity index (χ2v) is 4.80. The smallest absolute Gasteiger partial charge is 0.141 e. The molecule has 2 N–H and O–H groups in total. The Morgan fingerprint density at radius 1 is 1.33 bits per heavy atom. The molecule has 0 atom stereocenters. The van der Waals surface area contributed by atoms with Gasteiger partial charge in [-0.15, -0.1) is 0 Å². The fourth-order valence-corrected chi connectivity index (χ4v) is 2.38. The number of aryl methyl sites for hydroxylation is 1. The molecule has 94 valence electrons. The number of nitrogens with two attached hydrogens (primary N) is 1. The molecule has 1 aliphatic heterocycles. The molecule has 2 heterocycles. The van der Waals surface area contributed by atoms with Crippen LogP contribution in [0.15, 0.2) is 24.5 Å². The Kier molecular flexibility index (Phi) is 2.76. The van der Waals surface area contributed by atoms with Gasteiger partial charge in [0.05, 0.1) is 13.1 Å². The van der Waals surface area contributed by atoms with Crippen LogP contribution in [0.3, 0.4) is 0 Å². The molecule has 5 nitrogen and oxygen atoms in total. The topological polar surface area (TPSA) is 60.0 Å². The van der Waals surface area contributed by atoms with E-state index in [0.29, 0.717) is 0 Å². The van der Waals surface area contributed by atoms with E-state index < -0.39 is 0 Å². The molecule has 5 heteroatoms. The van der Waals surface area contributed by atoms with E-state index in [1.54, 1.807) is 6.33 Å². The number of hydrogen-bond acceptors (Lipinski definition) is 4. The van der Waals surface area contributed by atoms with Gasteiger partial charge in [-0.2, -0.15) is 5.10 Å². The van der Waals surface area contributed by atoms with E-state index in [2.05, 4.69) is 28.0 Å². The molecule has 0 amide bonds. The second kappa shape index (κ2) is 4.42. The molecule has 0 fully saturated rings. The monoisotopic (exact) mass is 243 g/mol. The van der Waals surface area contributed by atoms with E-state index in [9.17, 15) is 0 Å². The molecular formula is C13H17N5. The molecule has 1 aromatic heterocycles. The molecule has 0 unspecified atom stereocenters. The summed E-state index contributed by atoms with van der Waals surface area (Å²) in [6, 6.07) is 6.11. The van der Waals surface area contributed by atoms with Crippen molar-refractivity contribution in [3.63, 3.8) is 0 Å². The molecule has 0 bridgehead atoms. The first-order valence-electron chi connectivity index (χ1n) is 6.16. The summed E-state index contributed by atoms with van der Waals surface area (Å²) in [6.07, 6.45) is 1.63. The SMILES string of the molecule is Cc1cc(N)ccc1CN1CCn2ncnc2C1. The van der Waals surface area contributed by atoms with E-state index in [1.807, 2.05) is 16.8 Å². The molecule has 0 spiro atoms. The predicted molar refractivity (Wildman–Crippen MR) is 69.7 cm³/mol. The van der Waals surface area contributed by atoms with Crippen LogP contribution >= 0.6 is 0 Å². The van der Waals surface area contributed by atoms with Crippen LogP contribution in [-0.2, 0) is 19.6 Å². The van der Waals surface area contributed by atoms with Crippen LogP contribution in [0.5, 0.6) is 0 Å². The van der Waals surface area contributed by atoms with E-state index in [1.165, 1.54) is 11.1 Å². The summed E-state index contributed by atoms with van der Waals surface area (Å²) >= 11 is 0. The standard InChI is InChI=1S/C13H17N5/c1-10-6-12(14)3-2-11(10)7-17-4-5-18-13(8-17)15-9-16-18/h2-3,6,9H,4-5,7-8,14H2,1H3. The lowest BCUT2D eigenvalue weighted by Gasteiger charge is -2.27. The first-order valence-corrected chi connectivity index (χ1v) is 6.16. The number of anilines is 1. The molecule has 1 aliphatic rings. The number of rotatable bonds is 2. The highest BCUT2D eigenvalue weighted by molar-refractivity contribution is 5.44. The number of nitrogens with zero attached hydrogens (tertiary/aromatic N) is 4. The summed E-state index contributed by atoms with van der Waals surface area (Å²) in [5.41, 5.74) is 9.19. The Balaban J connectivity index is 1.74. The van der Waals surface area contributed by atoms with Gasteiger partial charge in [-0.05, 0) is 30.2 Å². The van der Waals surface area contributed by atoms with E-state index in [0.717, 1.165) is 37.7 Å². The van der Waals surface area contributed by atoms with Crippen molar-refractivity contribution in [2.45, 2.75) is 26.6 Å². The van der Waals surface area contributed by atoms with Crippen LogP contribution < -0.4 is 5.73 Å². The molecule has 3 rings (SSSR count). The Labute approximate surface area is 106 Å². The maximum atomic E-state index is 5.77. The molecule has 18 heavy (non-hydrogen) atoms. The summed E-state index contributed by atoms with van der Waals surface area (Å²) in [4.78, 5) is 6.67. The van der Waals surface area contributed by atoms with Crippen molar-refractivity contribution in [2.75, 3.05) is 12.3 Å². The van der Waals surface area contributed by atoms with Gasteiger partial charge in [-0.1, -0.05) is 6.07 Å². The van der Waals surface area contributed by atoms with Gasteiger partial charge in [0.25, 0.3) is 0 Å². The van der Waals surface area contributed by atoms with Crippen molar-refractivity contribution >= 4 is 5.69 Å². The molecular weight excluding hydrogens is 226 g/mol. The largest absolute Gasteiger partial charge is 0.399 e. The predicted octanol–water partition coefficient (Wildman–Crippen LogP) is 1.18. The van der Waals surface area contributed by atoms with Crippen LogP contribution in [-0.4, -0.2) is 26.2 Å². The van der Waals surface area contributed by atoms with Crippen molar-refractivity contribution in [2.24, 2.45) is 0 Å². The van der Waals surface area contributed by atoms with Gasteiger partial charge < -0.3 is 5.73 Å². The Bertz CT molecular complexity index is 560. The molecule has 0 radical (unpaired) electrons. The highest BCUT2D eigenvalue weighted by Crippen LogP contribution is 2.17. The summed E-state index contributed by atoms with van der Waals surface area (Å²) in [7, 11) is 0. The summed E-state index contributed by atoms with van der Waals surface area (Å²) in [6.45, 7) is 5.85. The zero-order valence-corrected chi connectivity index (χ0v) is 10.5. The molecule has 1 aromatic carbocycles. The van der Waals surface area contributed by atoms with E-state index in [4.69, 9.17) is 5.73 Å². The summed E-state index contributed by atoms with van der Waals surface area (Å²) in [5, 5.41) is 4.19. The zero-order chi connectivity index (χ0) is 12.5. The van der Waals surface area contributed by atoms with Crippen LogP contribution in [0.2, 0.25) is 0 Å². The van der Waals surface area contributed by atoms with E-state index >= 15 is 0 Å². The van der Waals surface area contributed by atoms with Gasteiger partial charge in [0.2, 0.25) is 0 Å². The third kappa shape index (κ3) is 2.09. The molecule has 0 aliphatic carbocycles. The van der Waals surface area contributed by atoms with Crippen molar-refractivity contribution < 1.29 is 0 Å². The minimum atomic E-state index is 0.828. The third-order valence-electron chi connectivity index (χ3n) is 3.45. The van der Waals surface area contributed by atoms with Gasteiger partial charge in [0.15, 0.2) is 0 Å². The average Bonchev–Trinajstić information content (AvgIpc) is 2.80. The minimum Gasteiger partial charge on any atom is -0.399 e. The number of nitrogen functional groups attached to an aromatic ring is 1.